The summed E-state index contributed by atoms with van der Waals surface area (Å²) < 4.78 is 6.55. The van der Waals surface area contributed by atoms with Crippen LogP contribution in [-0.2, 0) is 11.3 Å². The molecule has 0 bridgehead atoms. The molecule has 0 atom stereocenters. The van der Waals surface area contributed by atoms with Crippen molar-refractivity contribution >= 4 is 41.1 Å². The van der Waals surface area contributed by atoms with Crippen LogP contribution in [0.1, 0.15) is 23.7 Å². The van der Waals surface area contributed by atoms with Crippen LogP contribution in [0, 0.1) is 0 Å². The number of hydrogen-bond donors (Lipinski definition) is 2. The Kier molecular flexibility index (Phi) is 6.71. The molecule has 0 radical (unpaired) electrons. The number of aryl methyl sites for hydroxylation is 1. The Morgan fingerprint density at radius 2 is 1.84 bits per heavy atom. The molecule has 166 valence electrons. The third-order valence-corrected chi connectivity index (χ3v) is 5.20. The highest BCUT2D eigenvalue weighted by atomic mass is 35.5. The molecule has 0 spiro atoms. The Balaban J connectivity index is 0.00000272. The number of amides is 2. The van der Waals surface area contributed by atoms with E-state index in [1.54, 1.807) is 22.2 Å². The first-order valence-electron chi connectivity index (χ1n) is 9.74. The van der Waals surface area contributed by atoms with Crippen molar-refractivity contribution in [2.24, 2.45) is 5.73 Å². The summed E-state index contributed by atoms with van der Waals surface area (Å²) in [4.78, 5) is 37.5. The van der Waals surface area contributed by atoms with E-state index in [0.29, 0.717) is 73.8 Å². The van der Waals surface area contributed by atoms with Crippen molar-refractivity contribution in [2.75, 3.05) is 38.5 Å². The largest absolute Gasteiger partial charge is 0.379 e. The lowest BCUT2D eigenvalue weighted by molar-refractivity contribution is -0.132. The van der Waals surface area contributed by atoms with Crippen molar-refractivity contribution in [3.63, 3.8) is 0 Å². The monoisotopic (exact) mass is 449 g/mol. The number of imidazole rings is 1. The molecule has 4 rings (SSSR count). The average Bonchev–Trinajstić information content (AvgIpc) is 3.35. The van der Waals surface area contributed by atoms with Gasteiger partial charge in [0.1, 0.15) is 5.52 Å². The fourth-order valence-corrected chi connectivity index (χ4v) is 3.70. The second kappa shape index (κ2) is 9.27. The summed E-state index contributed by atoms with van der Waals surface area (Å²) in [5, 5.41) is 7.45. The Morgan fingerprint density at radius 3 is 2.45 bits per heavy atom. The van der Waals surface area contributed by atoms with Crippen LogP contribution in [-0.4, -0.2) is 79.2 Å². The van der Waals surface area contributed by atoms with Gasteiger partial charge in [-0.05, 0) is 17.2 Å². The number of carbonyl (C=O) groups excluding carboxylic acids is 2. The van der Waals surface area contributed by atoms with Gasteiger partial charge in [0.05, 0.1) is 17.3 Å². The minimum absolute atomic E-state index is 0. The third kappa shape index (κ3) is 4.03. The highest BCUT2D eigenvalue weighted by molar-refractivity contribution is 6.05. The van der Waals surface area contributed by atoms with Gasteiger partial charge in [-0.15, -0.1) is 12.4 Å². The topological polar surface area (TPSA) is 162 Å². The molecule has 3 aromatic heterocycles. The molecular formula is C18H24ClN9O3. The Hall–Kier alpha value is -3.25. The maximum Gasteiger partial charge on any atom is 0.257 e. The van der Waals surface area contributed by atoms with E-state index in [9.17, 15) is 9.59 Å². The Labute approximate surface area is 183 Å². The molecule has 2 amide bonds. The molecule has 0 saturated carbocycles. The standard InChI is InChI=1S/C18H23N9O3.ClH/c1-2-27-15-11(18(29)26-7-5-25(6-8-26)13(28)3-4-19)9-21-10-12(15)22-17(27)14-16(20)24-30-23-14;/h9-10H,2-8,19H2,1H3,(H2,20,24);1H. The van der Waals surface area contributed by atoms with E-state index in [0.717, 1.165) is 0 Å². The van der Waals surface area contributed by atoms with Crippen LogP contribution < -0.4 is 11.5 Å². The van der Waals surface area contributed by atoms with Gasteiger partial charge in [0.2, 0.25) is 5.91 Å². The minimum Gasteiger partial charge on any atom is -0.379 e. The molecular weight excluding hydrogens is 426 g/mol. The summed E-state index contributed by atoms with van der Waals surface area (Å²) in [6.45, 7) is 4.63. The predicted octanol–water partition coefficient (Wildman–Crippen LogP) is 0.138. The second-order valence-electron chi connectivity index (χ2n) is 6.94. The molecule has 1 saturated heterocycles. The maximum atomic E-state index is 13.3. The summed E-state index contributed by atoms with van der Waals surface area (Å²) in [5.74, 6) is 0.442. The summed E-state index contributed by atoms with van der Waals surface area (Å²) in [5.41, 5.74) is 13.3. The van der Waals surface area contributed by atoms with E-state index in [2.05, 4.69) is 20.3 Å². The van der Waals surface area contributed by atoms with Gasteiger partial charge in [-0.1, -0.05) is 0 Å². The van der Waals surface area contributed by atoms with Crippen molar-refractivity contribution in [2.45, 2.75) is 19.9 Å². The highest BCUT2D eigenvalue weighted by Crippen LogP contribution is 2.28. The van der Waals surface area contributed by atoms with Gasteiger partial charge in [-0.25, -0.2) is 9.61 Å². The Morgan fingerprint density at radius 1 is 1.13 bits per heavy atom. The van der Waals surface area contributed by atoms with Gasteiger partial charge in [0.15, 0.2) is 17.3 Å². The molecule has 1 aliphatic heterocycles. The van der Waals surface area contributed by atoms with Gasteiger partial charge in [0, 0.05) is 51.9 Å². The van der Waals surface area contributed by atoms with Crippen molar-refractivity contribution in [3.05, 3.63) is 18.0 Å². The number of nitrogens with zero attached hydrogens (tertiary/aromatic N) is 7. The van der Waals surface area contributed by atoms with Crippen LogP contribution in [0.3, 0.4) is 0 Å². The quantitative estimate of drug-likeness (QED) is 0.551. The lowest BCUT2D eigenvalue weighted by atomic mass is 10.2. The number of aromatic nitrogens is 5. The van der Waals surface area contributed by atoms with Gasteiger partial charge in [0.25, 0.3) is 5.91 Å². The van der Waals surface area contributed by atoms with E-state index >= 15 is 0 Å². The normalized spacial score (nSPS) is 14.0. The van der Waals surface area contributed by atoms with Crippen molar-refractivity contribution in [1.29, 1.82) is 0 Å². The number of carbonyl (C=O) groups is 2. The van der Waals surface area contributed by atoms with Crippen LogP contribution in [0.15, 0.2) is 17.0 Å². The molecule has 1 fully saturated rings. The van der Waals surface area contributed by atoms with E-state index < -0.39 is 0 Å². The van der Waals surface area contributed by atoms with Crippen LogP contribution in [0.5, 0.6) is 0 Å². The van der Waals surface area contributed by atoms with Gasteiger partial charge >= 0.3 is 0 Å². The molecule has 0 unspecified atom stereocenters. The first-order chi connectivity index (χ1) is 14.5. The molecule has 31 heavy (non-hydrogen) atoms. The van der Waals surface area contributed by atoms with Crippen molar-refractivity contribution in [3.8, 4) is 11.5 Å². The molecule has 3 aromatic rings. The van der Waals surface area contributed by atoms with Gasteiger partial charge in [-0.2, -0.15) is 0 Å². The smallest absolute Gasteiger partial charge is 0.257 e. The average molecular weight is 450 g/mol. The fourth-order valence-electron chi connectivity index (χ4n) is 3.70. The summed E-state index contributed by atoms with van der Waals surface area (Å²) in [7, 11) is 0. The van der Waals surface area contributed by atoms with Crippen LogP contribution in [0.25, 0.3) is 22.6 Å². The molecule has 12 nitrogen and oxygen atoms in total. The highest BCUT2D eigenvalue weighted by Gasteiger charge is 2.28. The van der Waals surface area contributed by atoms with Crippen LogP contribution >= 0.6 is 12.4 Å². The number of hydrogen-bond acceptors (Lipinski definition) is 9. The second-order valence-corrected chi connectivity index (χ2v) is 6.94. The van der Waals surface area contributed by atoms with E-state index in [-0.39, 0.29) is 30.0 Å². The number of halogens is 1. The van der Waals surface area contributed by atoms with Crippen molar-refractivity contribution in [1.82, 2.24) is 34.6 Å². The number of anilines is 1. The van der Waals surface area contributed by atoms with Gasteiger partial charge < -0.3 is 25.8 Å². The minimum atomic E-state index is -0.161. The van der Waals surface area contributed by atoms with Crippen LogP contribution in [0.2, 0.25) is 0 Å². The van der Waals surface area contributed by atoms with Gasteiger partial charge in [-0.3, -0.25) is 14.6 Å². The molecule has 0 aromatic carbocycles. The molecule has 13 heteroatoms. The molecule has 4 N–H and O–H groups in total. The first-order valence-corrected chi connectivity index (χ1v) is 9.74. The zero-order valence-corrected chi connectivity index (χ0v) is 17.8. The summed E-state index contributed by atoms with van der Waals surface area (Å²) in [6.07, 6.45) is 3.45. The Bertz CT molecular complexity index is 1090. The maximum absolute atomic E-state index is 13.3. The number of nitrogens with two attached hydrogens (primary N) is 2. The number of pyridine rings is 1. The first kappa shape index (κ1) is 22.4. The number of piperazine rings is 1. The lowest BCUT2D eigenvalue weighted by Gasteiger charge is -2.34. The number of rotatable bonds is 5. The van der Waals surface area contributed by atoms with E-state index in [1.165, 1.54) is 0 Å². The zero-order valence-electron chi connectivity index (χ0n) is 17.0. The van der Waals surface area contributed by atoms with E-state index in [4.69, 9.17) is 16.1 Å². The molecule has 1 aliphatic rings. The summed E-state index contributed by atoms with van der Waals surface area (Å²) >= 11 is 0. The SMILES string of the molecule is CCn1c(-c2nonc2N)nc2cncc(C(=O)N3CCN(C(=O)CCN)CC3)c21.Cl. The molecule has 4 heterocycles. The van der Waals surface area contributed by atoms with E-state index in [1.807, 2.05) is 11.5 Å². The fraction of sp³-hybridized carbons (Fsp3) is 0.444. The predicted molar refractivity (Wildman–Crippen MR) is 114 cm³/mol. The van der Waals surface area contributed by atoms with Crippen molar-refractivity contribution < 1.29 is 14.2 Å². The number of nitrogen functional groups attached to an aromatic ring is 1. The third-order valence-electron chi connectivity index (χ3n) is 5.20. The zero-order chi connectivity index (χ0) is 21.3. The number of fused-ring (bicyclic) bond motifs is 1. The summed E-state index contributed by atoms with van der Waals surface area (Å²) in [6, 6.07) is 0. The van der Waals surface area contributed by atoms with Crippen LogP contribution in [0.4, 0.5) is 5.82 Å². The molecule has 0 aliphatic carbocycles. The lowest BCUT2D eigenvalue weighted by Crippen LogP contribution is -2.50.